The molecule has 4 bridgehead atoms. The Hall–Kier alpha value is -7.08. The number of ketones is 4. The van der Waals surface area contributed by atoms with E-state index in [9.17, 15) is 48.6 Å². The van der Waals surface area contributed by atoms with E-state index < -0.39 is 108 Å². The summed E-state index contributed by atoms with van der Waals surface area (Å²) in [5, 5.41) is 34.6. The molecule has 0 radical (unpaired) electrons. The monoisotopic (exact) mass is 1130 g/mol. The van der Waals surface area contributed by atoms with Crippen molar-refractivity contribution in [2.24, 2.45) is 35.1 Å². The highest BCUT2D eigenvalue weighted by molar-refractivity contribution is 6.24. The van der Waals surface area contributed by atoms with Crippen molar-refractivity contribution in [1.29, 1.82) is 0 Å². The Kier molecular flexibility index (Phi) is 25.6. The van der Waals surface area contributed by atoms with Crippen LogP contribution in [0.4, 0.5) is 9.59 Å². The third-order valence-corrected chi connectivity index (χ3v) is 14.5. The standard InChI is InChI=1S/C59H82N6O16/c1-30-22-38-48(42(66)28-40(52(38)70)64-56(72)32(3)16-13-18-44(76-9)54(80-58(60)74)36(7)26-34(5)50(68)46(24-30)78-11)62-20-15-21-63-49-39-23-31(2)25-47(79-12)51(69)35(6)27-37(8)55(81-59(61)75)45(77-10)19-14-17-33(4)57(73)65-41(53(39)71)29-43(49)67/h13-14,16-19,26-31,34-35,44-47,50-51,54-55,62-63,68-69H,15,20-25H2,1-12H3,(H2,60,74)(H2,61,75)(H,64,72)(H,65,73)/b18-13-,19-14-,32-16+,33-17+,36-26+,37-27+/t30-,31-,34+,35+,44+,45+,46+,47?,50-,51-,54+,55+/m1/s1. The van der Waals surface area contributed by atoms with Gasteiger partial charge in [0.05, 0.1) is 47.2 Å². The maximum Gasteiger partial charge on any atom is 0.405 e. The van der Waals surface area contributed by atoms with Gasteiger partial charge in [-0.3, -0.25) is 28.8 Å². The molecule has 0 saturated heterocycles. The number of rotatable bonds is 12. The first-order valence-electron chi connectivity index (χ1n) is 26.9. The maximum absolute atomic E-state index is 14.4. The molecule has 2 heterocycles. The second-order valence-corrected chi connectivity index (χ2v) is 21.1. The molecule has 0 aromatic heterocycles. The van der Waals surface area contributed by atoms with Gasteiger partial charge in [0, 0.05) is 87.8 Å². The Bertz CT molecular complexity index is 2530. The van der Waals surface area contributed by atoms with E-state index in [1.165, 1.54) is 66.6 Å². The Morgan fingerprint density at radius 3 is 1.27 bits per heavy atom. The molecule has 2 aliphatic heterocycles. The molecule has 0 aromatic carbocycles. The molecule has 2 aliphatic carbocycles. The second-order valence-electron chi connectivity index (χ2n) is 21.1. The van der Waals surface area contributed by atoms with Crippen LogP contribution in [0, 0.1) is 23.7 Å². The number of allylic oxidation sites excluding steroid dienone is 8. The summed E-state index contributed by atoms with van der Waals surface area (Å²) >= 11 is 0. The van der Waals surface area contributed by atoms with Crippen molar-refractivity contribution in [3.05, 3.63) is 117 Å². The lowest BCUT2D eigenvalue weighted by atomic mass is 9.85. The fourth-order valence-corrected chi connectivity index (χ4v) is 10.1. The number of aliphatic hydroxyl groups is 2. The number of fused-ring (bicyclic) bond motifs is 4. The lowest BCUT2D eigenvalue weighted by molar-refractivity contribution is -0.120. The first-order chi connectivity index (χ1) is 38.3. The van der Waals surface area contributed by atoms with Crippen LogP contribution in [-0.4, -0.2) is 148 Å². The van der Waals surface area contributed by atoms with Gasteiger partial charge in [-0.05, 0) is 82.8 Å². The topological polar surface area (TPSA) is 333 Å². The zero-order chi connectivity index (χ0) is 60.4. The van der Waals surface area contributed by atoms with Gasteiger partial charge in [0.25, 0.3) is 11.8 Å². The summed E-state index contributed by atoms with van der Waals surface area (Å²) in [7, 11) is 5.69. The molecule has 4 aliphatic rings. The first-order valence-corrected chi connectivity index (χ1v) is 26.9. The van der Waals surface area contributed by atoms with Gasteiger partial charge in [-0.2, -0.15) is 0 Å². The summed E-state index contributed by atoms with van der Waals surface area (Å²) in [6.45, 7) is 13.8. The fourth-order valence-electron chi connectivity index (χ4n) is 10.1. The number of carbonyl (C=O) groups excluding carboxylic acids is 8. The highest BCUT2D eigenvalue weighted by Crippen LogP contribution is 2.31. The van der Waals surface area contributed by atoms with Gasteiger partial charge in [0.1, 0.15) is 12.2 Å². The van der Waals surface area contributed by atoms with Crippen LogP contribution >= 0.6 is 0 Å². The van der Waals surface area contributed by atoms with E-state index in [2.05, 4.69) is 21.3 Å². The van der Waals surface area contributed by atoms with E-state index in [0.29, 0.717) is 11.1 Å². The molecule has 444 valence electrons. The van der Waals surface area contributed by atoms with Crippen molar-refractivity contribution in [3.63, 3.8) is 0 Å². The van der Waals surface area contributed by atoms with E-state index in [-0.39, 0.29) is 102 Å². The molecular weight excluding hydrogens is 1050 g/mol. The van der Waals surface area contributed by atoms with Crippen molar-refractivity contribution in [2.75, 3.05) is 41.5 Å². The number of carbonyl (C=O) groups is 8. The molecule has 4 rings (SSSR count). The average molecular weight is 1130 g/mol. The van der Waals surface area contributed by atoms with Gasteiger partial charge >= 0.3 is 12.2 Å². The summed E-state index contributed by atoms with van der Waals surface area (Å²) in [6.07, 6.45) is 5.74. The Morgan fingerprint density at radius 1 is 0.593 bits per heavy atom. The highest BCUT2D eigenvalue weighted by Gasteiger charge is 2.36. The third kappa shape index (κ3) is 18.5. The largest absolute Gasteiger partial charge is 0.439 e. The minimum absolute atomic E-state index is 0.00642. The van der Waals surface area contributed by atoms with Gasteiger partial charge in [-0.1, -0.05) is 76.3 Å². The minimum atomic E-state index is -1.09. The lowest BCUT2D eigenvalue weighted by Crippen LogP contribution is -2.38. The second kappa shape index (κ2) is 31.2. The molecule has 22 nitrogen and oxygen atoms in total. The van der Waals surface area contributed by atoms with E-state index in [4.69, 9.17) is 39.9 Å². The smallest absolute Gasteiger partial charge is 0.405 e. The molecule has 81 heavy (non-hydrogen) atoms. The number of Topliss-reactive ketones (excluding diaryl/α,β-unsaturated/α-hetero) is 2. The van der Waals surface area contributed by atoms with Crippen molar-refractivity contribution < 1.29 is 77.0 Å². The molecule has 4 amide bonds. The molecule has 0 saturated carbocycles. The number of nitrogens with two attached hydrogens (primary N) is 2. The minimum Gasteiger partial charge on any atom is -0.439 e. The van der Waals surface area contributed by atoms with Gasteiger partial charge < -0.3 is 71.4 Å². The predicted octanol–water partition coefficient (Wildman–Crippen LogP) is 4.11. The molecule has 12 atom stereocenters. The Labute approximate surface area is 473 Å². The zero-order valence-corrected chi connectivity index (χ0v) is 48.4. The number of hydrogen-bond donors (Lipinski definition) is 8. The van der Waals surface area contributed by atoms with Crippen LogP contribution in [0.1, 0.15) is 87.5 Å². The number of amides is 4. The molecule has 0 spiro atoms. The predicted molar refractivity (Wildman–Crippen MR) is 300 cm³/mol. The number of nitrogens with one attached hydrogen (secondary N) is 4. The van der Waals surface area contributed by atoms with E-state index in [0.717, 1.165) is 12.2 Å². The molecular formula is C59H82N6O16. The number of primary amides is 2. The molecule has 0 aromatic rings. The van der Waals surface area contributed by atoms with E-state index in [1.807, 2.05) is 13.8 Å². The van der Waals surface area contributed by atoms with Crippen molar-refractivity contribution in [1.82, 2.24) is 21.3 Å². The normalized spacial score (nSPS) is 32.7. The summed E-state index contributed by atoms with van der Waals surface area (Å²) in [4.78, 5) is 108. The van der Waals surface area contributed by atoms with Gasteiger partial charge in [-0.15, -0.1) is 0 Å². The number of hydrogen-bond acceptors (Lipinski definition) is 18. The third-order valence-electron chi connectivity index (χ3n) is 14.5. The summed E-state index contributed by atoms with van der Waals surface area (Å²) in [5.41, 5.74) is 11.9. The van der Waals surface area contributed by atoms with Crippen LogP contribution in [0.25, 0.3) is 0 Å². The van der Waals surface area contributed by atoms with E-state index >= 15 is 0 Å². The van der Waals surface area contributed by atoms with Gasteiger partial charge in [0.2, 0.25) is 23.1 Å². The lowest BCUT2D eigenvalue weighted by Gasteiger charge is -2.30. The van der Waals surface area contributed by atoms with E-state index in [1.54, 1.807) is 52.0 Å². The number of ether oxygens (including phenoxy) is 6. The van der Waals surface area contributed by atoms with Crippen LogP contribution in [0.5, 0.6) is 0 Å². The maximum atomic E-state index is 14.4. The Balaban J connectivity index is 1.65. The highest BCUT2D eigenvalue weighted by atomic mass is 16.6. The van der Waals surface area contributed by atoms with Gasteiger partial charge in [0.15, 0.2) is 12.2 Å². The molecule has 22 heteroatoms. The summed E-state index contributed by atoms with van der Waals surface area (Å²) in [6, 6.07) is 0. The quantitative estimate of drug-likeness (QED) is 0.0774. The molecule has 0 fully saturated rings. The van der Waals surface area contributed by atoms with Crippen LogP contribution in [-0.2, 0) is 57.2 Å². The first kappa shape index (κ1) is 66.4. The number of aliphatic hydroxyl groups excluding tert-OH is 2. The molecule has 1 unspecified atom stereocenters. The zero-order valence-electron chi connectivity index (χ0n) is 48.4. The summed E-state index contributed by atoms with van der Waals surface area (Å²) < 4.78 is 33.7. The van der Waals surface area contributed by atoms with Crippen LogP contribution in [0.15, 0.2) is 117 Å². The SMILES string of the molecule is COC1C[C@H](C)CC2=C(NCCCNC3=C4C[C@@H](C)C[C@H](OC)[C@H](O)[C@@H](C)/C=C(\C)[C@H](OC(N)=O)[C@@H](OC)/C=C\C=C(/C)C(=O)NC(=CC3=O)C4=O)C(=O)C=C(NC(=O)/C(C)=C/C=C\[C@H](OC)[C@@H](OC(N)=O)/C(C)=C/[C@H](C)[C@H]1O)C2=O. The molecule has 10 N–H and O–H groups in total. The number of methoxy groups -OCH3 is 4. The van der Waals surface area contributed by atoms with Crippen LogP contribution < -0.4 is 32.7 Å². The van der Waals surface area contributed by atoms with Crippen molar-refractivity contribution in [2.45, 2.75) is 136 Å². The van der Waals surface area contributed by atoms with Crippen molar-refractivity contribution >= 4 is 47.1 Å². The average Bonchev–Trinajstić information content (AvgIpc) is 3.45. The van der Waals surface area contributed by atoms with Gasteiger partial charge in [-0.25, -0.2) is 9.59 Å². The van der Waals surface area contributed by atoms with Crippen LogP contribution in [0.3, 0.4) is 0 Å². The summed E-state index contributed by atoms with van der Waals surface area (Å²) in [5.74, 6) is -5.62. The van der Waals surface area contributed by atoms with Crippen LogP contribution in [0.2, 0.25) is 0 Å². The fraction of sp³-hybridized carbons (Fsp3) is 0.525. The van der Waals surface area contributed by atoms with Crippen molar-refractivity contribution in [3.8, 4) is 0 Å². The Morgan fingerprint density at radius 2 is 0.951 bits per heavy atom.